The highest BCUT2D eigenvalue weighted by atomic mass is 16.5. The molecule has 3 rings (SSSR count). The van der Waals surface area contributed by atoms with Crippen molar-refractivity contribution in [1.29, 1.82) is 0 Å². The van der Waals surface area contributed by atoms with E-state index in [-0.39, 0.29) is 0 Å². The third-order valence-corrected chi connectivity index (χ3v) is 4.78. The first-order valence-corrected chi connectivity index (χ1v) is 8.24. The van der Waals surface area contributed by atoms with Gasteiger partial charge in [0.05, 0.1) is 42.7 Å². The number of fused-ring (bicyclic) bond motifs is 2. The van der Waals surface area contributed by atoms with E-state index in [4.69, 9.17) is 28.4 Å². The normalized spacial score (nSPS) is 11.9. The van der Waals surface area contributed by atoms with Gasteiger partial charge in [-0.1, -0.05) is 0 Å². The molecular weight excluding hydrogens is 336 g/mol. The van der Waals surface area contributed by atoms with Crippen LogP contribution in [-0.4, -0.2) is 42.7 Å². The number of methoxy groups -OCH3 is 6. The summed E-state index contributed by atoms with van der Waals surface area (Å²) in [6.45, 7) is 0. The van der Waals surface area contributed by atoms with Crippen molar-refractivity contribution < 1.29 is 28.4 Å². The van der Waals surface area contributed by atoms with Gasteiger partial charge in [-0.15, -0.1) is 0 Å². The van der Waals surface area contributed by atoms with Crippen LogP contribution in [0.1, 0.15) is 22.3 Å². The Morgan fingerprint density at radius 3 is 1.12 bits per heavy atom. The van der Waals surface area contributed by atoms with Crippen molar-refractivity contribution in [2.24, 2.45) is 0 Å². The van der Waals surface area contributed by atoms with Crippen LogP contribution in [0.3, 0.4) is 0 Å². The maximum absolute atomic E-state index is 5.66. The summed E-state index contributed by atoms with van der Waals surface area (Å²) in [6.07, 6.45) is 1.34. The Kier molecular flexibility index (Phi) is 5.02. The molecule has 26 heavy (non-hydrogen) atoms. The molecular formula is C20H24O6. The molecule has 6 heteroatoms. The number of rotatable bonds is 6. The zero-order valence-corrected chi connectivity index (χ0v) is 16.0. The number of benzene rings is 2. The van der Waals surface area contributed by atoms with E-state index in [1.54, 1.807) is 42.7 Å². The minimum absolute atomic E-state index is 0.602. The van der Waals surface area contributed by atoms with Gasteiger partial charge in [0.1, 0.15) is 0 Å². The van der Waals surface area contributed by atoms with Gasteiger partial charge in [-0.3, -0.25) is 0 Å². The molecule has 0 saturated heterocycles. The fraction of sp³-hybridized carbons (Fsp3) is 0.400. The summed E-state index contributed by atoms with van der Waals surface area (Å²) < 4.78 is 33.3. The second kappa shape index (κ2) is 7.23. The average Bonchev–Trinajstić information content (AvgIpc) is 2.68. The van der Waals surface area contributed by atoms with Crippen molar-refractivity contribution >= 4 is 0 Å². The lowest BCUT2D eigenvalue weighted by Gasteiger charge is -2.27. The molecule has 0 aliphatic heterocycles. The molecule has 0 saturated carbocycles. The van der Waals surface area contributed by atoms with Gasteiger partial charge in [-0.2, -0.15) is 0 Å². The van der Waals surface area contributed by atoms with Crippen molar-refractivity contribution in [3.05, 3.63) is 34.4 Å². The molecule has 2 aromatic rings. The summed E-state index contributed by atoms with van der Waals surface area (Å²) >= 11 is 0. The molecule has 0 unspecified atom stereocenters. The van der Waals surface area contributed by atoms with E-state index in [0.717, 1.165) is 22.3 Å². The van der Waals surface area contributed by atoms with E-state index in [9.17, 15) is 0 Å². The molecule has 6 nitrogen and oxygen atoms in total. The van der Waals surface area contributed by atoms with Crippen LogP contribution in [0.5, 0.6) is 34.5 Å². The molecule has 0 amide bonds. The Hall–Kier alpha value is -2.76. The highest BCUT2D eigenvalue weighted by Gasteiger charge is 2.29. The summed E-state index contributed by atoms with van der Waals surface area (Å²) in [4.78, 5) is 0. The van der Waals surface area contributed by atoms with Crippen molar-refractivity contribution in [2.75, 3.05) is 42.7 Å². The smallest absolute Gasteiger partial charge is 0.203 e. The highest BCUT2D eigenvalue weighted by Crippen LogP contribution is 2.50. The molecule has 1 aliphatic rings. The van der Waals surface area contributed by atoms with E-state index in [0.29, 0.717) is 47.3 Å². The minimum atomic E-state index is 0.602. The molecule has 0 heterocycles. The Labute approximate surface area is 153 Å². The van der Waals surface area contributed by atoms with Crippen LogP contribution in [0.4, 0.5) is 0 Å². The molecule has 0 aromatic heterocycles. The van der Waals surface area contributed by atoms with Crippen LogP contribution in [0.15, 0.2) is 12.1 Å². The second-order valence-corrected chi connectivity index (χ2v) is 5.92. The second-order valence-electron chi connectivity index (χ2n) is 5.92. The quantitative estimate of drug-likeness (QED) is 0.673. The average molecular weight is 360 g/mol. The zero-order chi connectivity index (χ0) is 18.8. The fourth-order valence-corrected chi connectivity index (χ4v) is 3.62. The number of hydrogen-bond acceptors (Lipinski definition) is 6. The van der Waals surface area contributed by atoms with Gasteiger partial charge < -0.3 is 28.4 Å². The maximum atomic E-state index is 5.66. The van der Waals surface area contributed by atoms with E-state index in [1.807, 2.05) is 12.1 Å². The Balaban J connectivity index is 2.22. The molecule has 1 aliphatic carbocycles. The predicted octanol–water partition coefficient (Wildman–Crippen LogP) is 3.23. The summed E-state index contributed by atoms with van der Waals surface area (Å²) in [7, 11) is 9.75. The predicted molar refractivity (Wildman–Crippen MR) is 97.8 cm³/mol. The third kappa shape index (κ3) is 2.66. The van der Waals surface area contributed by atoms with Crippen LogP contribution in [-0.2, 0) is 12.8 Å². The molecule has 0 atom stereocenters. The Morgan fingerprint density at radius 1 is 0.500 bits per heavy atom. The molecule has 140 valence electrons. The fourth-order valence-electron chi connectivity index (χ4n) is 3.62. The van der Waals surface area contributed by atoms with Gasteiger partial charge in [-0.25, -0.2) is 0 Å². The summed E-state index contributed by atoms with van der Waals surface area (Å²) in [6, 6.07) is 3.99. The monoisotopic (exact) mass is 360 g/mol. The van der Waals surface area contributed by atoms with Crippen LogP contribution < -0.4 is 28.4 Å². The van der Waals surface area contributed by atoms with Gasteiger partial charge in [0.2, 0.25) is 11.5 Å². The lowest BCUT2D eigenvalue weighted by Crippen LogP contribution is -2.13. The van der Waals surface area contributed by atoms with Gasteiger partial charge in [-0.05, 0) is 23.3 Å². The van der Waals surface area contributed by atoms with Crippen LogP contribution in [0.2, 0.25) is 0 Å². The van der Waals surface area contributed by atoms with E-state index in [2.05, 4.69) is 0 Å². The van der Waals surface area contributed by atoms with Crippen molar-refractivity contribution in [3.8, 4) is 34.5 Å². The van der Waals surface area contributed by atoms with Crippen LogP contribution >= 0.6 is 0 Å². The van der Waals surface area contributed by atoms with E-state index in [1.165, 1.54) is 0 Å². The molecule has 2 aromatic carbocycles. The first-order chi connectivity index (χ1) is 12.6. The lowest BCUT2D eigenvalue weighted by molar-refractivity contribution is 0.318. The Morgan fingerprint density at radius 2 is 0.846 bits per heavy atom. The number of ether oxygens (including phenoxy) is 6. The summed E-state index contributed by atoms with van der Waals surface area (Å²) in [5.74, 6) is 3.88. The minimum Gasteiger partial charge on any atom is -0.493 e. The largest absolute Gasteiger partial charge is 0.493 e. The van der Waals surface area contributed by atoms with Crippen LogP contribution in [0, 0.1) is 0 Å². The van der Waals surface area contributed by atoms with Crippen molar-refractivity contribution in [1.82, 2.24) is 0 Å². The standard InChI is InChI=1S/C20H24O6/c1-21-15-9-11-7-14-12(8-13(11)17(23-3)19(15)25-5)10-16(22-2)20(26-6)18(14)24-4/h9-10H,7-8H2,1-6H3. The first-order valence-electron chi connectivity index (χ1n) is 8.24. The van der Waals surface area contributed by atoms with E-state index >= 15 is 0 Å². The summed E-state index contributed by atoms with van der Waals surface area (Å²) in [5, 5.41) is 0. The van der Waals surface area contributed by atoms with Gasteiger partial charge in [0.15, 0.2) is 23.0 Å². The van der Waals surface area contributed by atoms with Crippen LogP contribution in [0.25, 0.3) is 0 Å². The lowest BCUT2D eigenvalue weighted by atomic mass is 9.84. The van der Waals surface area contributed by atoms with E-state index < -0.39 is 0 Å². The molecule has 0 radical (unpaired) electrons. The highest BCUT2D eigenvalue weighted by molar-refractivity contribution is 5.67. The molecule has 0 fully saturated rings. The van der Waals surface area contributed by atoms with Crippen molar-refractivity contribution in [2.45, 2.75) is 12.8 Å². The van der Waals surface area contributed by atoms with Gasteiger partial charge in [0, 0.05) is 24.0 Å². The molecule has 0 bridgehead atoms. The SMILES string of the molecule is COc1cc2c(c(OC)c1OC)Cc1cc(OC)c(OC)c(OC)c1C2. The number of hydrogen-bond donors (Lipinski definition) is 0. The summed E-state index contributed by atoms with van der Waals surface area (Å²) in [5.41, 5.74) is 4.37. The maximum Gasteiger partial charge on any atom is 0.203 e. The Bertz CT molecular complexity index is 759. The van der Waals surface area contributed by atoms with Crippen molar-refractivity contribution in [3.63, 3.8) is 0 Å². The zero-order valence-electron chi connectivity index (χ0n) is 16.0. The first kappa shape index (κ1) is 18.0. The third-order valence-electron chi connectivity index (χ3n) is 4.78. The van der Waals surface area contributed by atoms with Gasteiger partial charge >= 0.3 is 0 Å². The molecule has 0 spiro atoms. The van der Waals surface area contributed by atoms with Gasteiger partial charge in [0.25, 0.3) is 0 Å². The molecule has 0 N–H and O–H groups in total. The topological polar surface area (TPSA) is 55.4 Å².